The fourth-order valence-corrected chi connectivity index (χ4v) is 1.34. The van der Waals surface area contributed by atoms with Crippen LogP contribution >= 0.6 is 0 Å². The van der Waals surface area contributed by atoms with Crippen LogP contribution in [-0.4, -0.2) is 30.9 Å². The highest BCUT2D eigenvalue weighted by molar-refractivity contribution is 5.98. The number of cyclic esters (lactones) is 2. The lowest BCUT2D eigenvalue weighted by Gasteiger charge is -2.14. The Morgan fingerprint density at radius 1 is 1.62 bits per heavy atom. The number of Topliss-reactive ketones (excluding diaryl/α,β-unsaturated/α-hetero) is 1. The van der Waals surface area contributed by atoms with Crippen molar-refractivity contribution in [1.82, 2.24) is 0 Å². The molecule has 1 rings (SSSR count). The molecule has 1 heterocycles. The molecule has 2 atom stereocenters. The standard InChI is InChI=1S/C8H10O5/c1-4(9)7(12-2)5-3-6(10)13-8(5)11/h5,7H,3H2,1-2H3. The van der Waals surface area contributed by atoms with E-state index in [1.165, 1.54) is 14.0 Å². The maximum absolute atomic E-state index is 11.0. The summed E-state index contributed by atoms with van der Waals surface area (Å²) in [4.78, 5) is 32.7. The monoisotopic (exact) mass is 186 g/mol. The number of hydrogen-bond acceptors (Lipinski definition) is 5. The summed E-state index contributed by atoms with van der Waals surface area (Å²) >= 11 is 0. The van der Waals surface area contributed by atoms with Gasteiger partial charge in [0.05, 0.1) is 6.42 Å². The molecule has 2 unspecified atom stereocenters. The van der Waals surface area contributed by atoms with Crippen LogP contribution in [-0.2, 0) is 23.9 Å². The minimum Gasteiger partial charge on any atom is -0.393 e. The summed E-state index contributed by atoms with van der Waals surface area (Å²) in [7, 11) is 1.32. The third kappa shape index (κ3) is 1.92. The predicted octanol–water partition coefficient (Wildman–Crippen LogP) is -0.320. The van der Waals surface area contributed by atoms with E-state index in [2.05, 4.69) is 4.74 Å². The van der Waals surface area contributed by atoms with Crippen molar-refractivity contribution in [3.8, 4) is 0 Å². The first-order valence-electron chi connectivity index (χ1n) is 3.84. The molecule has 72 valence electrons. The van der Waals surface area contributed by atoms with E-state index in [4.69, 9.17) is 4.74 Å². The number of ether oxygens (including phenoxy) is 2. The summed E-state index contributed by atoms with van der Waals surface area (Å²) in [6, 6.07) is 0. The zero-order valence-corrected chi connectivity index (χ0v) is 7.40. The molecule has 1 fully saturated rings. The van der Waals surface area contributed by atoms with Gasteiger partial charge in [-0.1, -0.05) is 0 Å². The molecule has 0 amide bonds. The molecule has 0 N–H and O–H groups in total. The van der Waals surface area contributed by atoms with Gasteiger partial charge in [-0.05, 0) is 6.92 Å². The first-order valence-corrected chi connectivity index (χ1v) is 3.84. The molecule has 0 spiro atoms. The minimum absolute atomic E-state index is 0.0725. The van der Waals surface area contributed by atoms with Crippen LogP contribution in [0.4, 0.5) is 0 Å². The Kier molecular flexibility index (Phi) is 2.77. The van der Waals surface area contributed by atoms with E-state index in [0.29, 0.717) is 0 Å². The van der Waals surface area contributed by atoms with Crippen molar-refractivity contribution in [2.75, 3.05) is 7.11 Å². The largest absolute Gasteiger partial charge is 0.393 e. The number of carbonyl (C=O) groups is 3. The van der Waals surface area contributed by atoms with Crippen molar-refractivity contribution >= 4 is 17.7 Å². The molecule has 0 aromatic rings. The van der Waals surface area contributed by atoms with Crippen molar-refractivity contribution in [1.29, 1.82) is 0 Å². The summed E-state index contributed by atoms with van der Waals surface area (Å²) in [5.74, 6) is -2.32. The Labute approximate surface area is 75.0 Å². The molecule has 0 aromatic carbocycles. The normalized spacial score (nSPS) is 24.3. The maximum atomic E-state index is 11.0. The van der Waals surface area contributed by atoms with E-state index in [-0.39, 0.29) is 12.2 Å². The van der Waals surface area contributed by atoms with Crippen LogP contribution in [0.25, 0.3) is 0 Å². The molecule has 1 aliphatic rings. The van der Waals surface area contributed by atoms with Crippen molar-refractivity contribution < 1.29 is 23.9 Å². The number of ketones is 1. The lowest BCUT2D eigenvalue weighted by Crippen LogP contribution is -2.32. The van der Waals surface area contributed by atoms with E-state index in [0.717, 1.165) is 0 Å². The van der Waals surface area contributed by atoms with Gasteiger partial charge in [-0.25, -0.2) is 0 Å². The molecule has 1 aliphatic heterocycles. The smallest absolute Gasteiger partial charge is 0.320 e. The fraction of sp³-hybridized carbons (Fsp3) is 0.625. The highest BCUT2D eigenvalue weighted by atomic mass is 16.6. The lowest BCUT2D eigenvalue weighted by molar-refractivity contribution is -0.155. The summed E-state index contributed by atoms with van der Waals surface area (Å²) in [6.45, 7) is 1.31. The fourth-order valence-electron chi connectivity index (χ4n) is 1.34. The highest BCUT2D eigenvalue weighted by Crippen LogP contribution is 2.21. The Morgan fingerprint density at radius 2 is 2.23 bits per heavy atom. The Balaban J connectivity index is 2.75. The molecule has 0 bridgehead atoms. The summed E-state index contributed by atoms with van der Waals surface area (Å²) < 4.78 is 9.11. The van der Waals surface area contributed by atoms with Gasteiger partial charge in [0.25, 0.3) is 0 Å². The average Bonchev–Trinajstić information content (AvgIpc) is 2.31. The molecule has 0 aliphatic carbocycles. The van der Waals surface area contributed by atoms with Gasteiger partial charge >= 0.3 is 11.9 Å². The summed E-state index contributed by atoms with van der Waals surface area (Å²) in [5.41, 5.74) is 0. The van der Waals surface area contributed by atoms with Crippen molar-refractivity contribution in [3.63, 3.8) is 0 Å². The van der Waals surface area contributed by atoms with Crippen LogP contribution in [0, 0.1) is 5.92 Å². The molecule has 5 heteroatoms. The van der Waals surface area contributed by atoms with E-state index in [1.807, 2.05) is 0 Å². The van der Waals surface area contributed by atoms with E-state index >= 15 is 0 Å². The minimum atomic E-state index is -0.862. The second-order valence-corrected chi connectivity index (χ2v) is 2.87. The molecule has 0 radical (unpaired) electrons. The lowest BCUT2D eigenvalue weighted by atomic mass is 9.98. The number of carbonyl (C=O) groups excluding carboxylic acids is 3. The van der Waals surface area contributed by atoms with Gasteiger partial charge in [0.15, 0.2) is 5.78 Å². The zero-order chi connectivity index (χ0) is 10.0. The second kappa shape index (κ2) is 3.66. The van der Waals surface area contributed by atoms with E-state index < -0.39 is 24.0 Å². The molecule has 0 saturated carbocycles. The summed E-state index contributed by atoms with van der Waals surface area (Å²) in [5, 5.41) is 0. The van der Waals surface area contributed by atoms with Crippen molar-refractivity contribution in [2.45, 2.75) is 19.4 Å². The van der Waals surface area contributed by atoms with E-state index in [9.17, 15) is 14.4 Å². The molecular weight excluding hydrogens is 176 g/mol. The van der Waals surface area contributed by atoms with Crippen molar-refractivity contribution in [2.24, 2.45) is 5.92 Å². The molecule has 1 saturated heterocycles. The number of hydrogen-bond donors (Lipinski definition) is 0. The quantitative estimate of drug-likeness (QED) is 0.446. The average molecular weight is 186 g/mol. The first-order chi connectivity index (χ1) is 6.06. The van der Waals surface area contributed by atoms with Gasteiger partial charge in [-0.2, -0.15) is 0 Å². The third-order valence-electron chi connectivity index (χ3n) is 1.92. The molecular formula is C8H10O5. The van der Waals surface area contributed by atoms with Gasteiger partial charge in [0, 0.05) is 7.11 Å². The second-order valence-electron chi connectivity index (χ2n) is 2.87. The molecule has 5 nitrogen and oxygen atoms in total. The molecule has 13 heavy (non-hydrogen) atoms. The van der Waals surface area contributed by atoms with Gasteiger partial charge in [0.1, 0.15) is 12.0 Å². The Hall–Kier alpha value is -1.23. The van der Waals surface area contributed by atoms with Crippen LogP contribution in [0.3, 0.4) is 0 Å². The predicted molar refractivity (Wildman–Crippen MR) is 40.7 cm³/mol. The van der Waals surface area contributed by atoms with Gasteiger partial charge in [-0.3, -0.25) is 14.4 Å². The number of methoxy groups -OCH3 is 1. The van der Waals surface area contributed by atoms with Crippen LogP contribution in [0.2, 0.25) is 0 Å². The SMILES string of the molecule is COC(C(C)=O)C1CC(=O)OC1=O. The Bertz CT molecular complexity index is 257. The topological polar surface area (TPSA) is 69.7 Å². The highest BCUT2D eigenvalue weighted by Gasteiger charge is 2.41. The third-order valence-corrected chi connectivity index (χ3v) is 1.92. The van der Waals surface area contributed by atoms with Gasteiger partial charge in [0.2, 0.25) is 0 Å². The van der Waals surface area contributed by atoms with Gasteiger partial charge in [-0.15, -0.1) is 0 Å². The number of esters is 2. The maximum Gasteiger partial charge on any atom is 0.320 e. The van der Waals surface area contributed by atoms with Crippen LogP contribution in [0.1, 0.15) is 13.3 Å². The zero-order valence-electron chi connectivity index (χ0n) is 7.40. The van der Waals surface area contributed by atoms with Crippen molar-refractivity contribution in [3.05, 3.63) is 0 Å². The molecule has 0 aromatic heterocycles. The van der Waals surface area contributed by atoms with Crippen LogP contribution in [0.5, 0.6) is 0 Å². The van der Waals surface area contributed by atoms with Crippen LogP contribution < -0.4 is 0 Å². The number of rotatable bonds is 3. The Morgan fingerprint density at radius 3 is 2.54 bits per heavy atom. The van der Waals surface area contributed by atoms with Crippen LogP contribution in [0.15, 0.2) is 0 Å². The first kappa shape index (κ1) is 9.85. The van der Waals surface area contributed by atoms with E-state index in [1.54, 1.807) is 0 Å². The summed E-state index contributed by atoms with van der Waals surface area (Å²) in [6.07, 6.45) is -0.935. The van der Waals surface area contributed by atoms with Gasteiger partial charge < -0.3 is 9.47 Å².